The van der Waals surface area contributed by atoms with Crippen molar-refractivity contribution in [2.45, 2.75) is 52.1 Å². The first kappa shape index (κ1) is 13.6. The van der Waals surface area contributed by atoms with Gasteiger partial charge in [0.05, 0.1) is 11.9 Å². The van der Waals surface area contributed by atoms with Crippen LogP contribution in [0, 0.1) is 28.6 Å². The van der Waals surface area contributed by atoms with Gasteiger partial charge in [-0.25, -0.2) is 0 Å². The van der Waals surface area contributed by atoms with Crippen LogP contribution in [0.1, 0.15) is 46.0 Å². The van der Waals surface area contributed by atoms with E-state index in [2.05, 4.69) is 32.1 Å². The average Bonchev–Trinajstić information content (AvgIpc) is 2.76. The number of hydrogen-bond donors (Lipinski definition) is 2. The Balaban J connectivity index is 1.71. The molecule has 1 fully saturated rings. The summed E-state index contributed by atoms with van der Waals surface area (Å²) in [5, 5.41) is 20.2. The van der Waals surface area contributed by atoms with Crippen LogP contribution >= 0.6 is 0 Å². The summed E-state index contributed by atoms with van der Waals surface area (Å²) in [6.07, 6.45) is 13.7. The molecule has 0 heterocycles. The number of fused-ring (bicyclic) bond motifs is 5. The summed E-state index contributed by atoms with van der Waals surface area (Å²) in [6, 6.07) is 0. The summed E-state index contributed by atoms with van der Waals surface area (Å²) < 4.78 is 0. The topological polar surface area (TPSA) is 40.5 Å². The zero-order valence-corrected chi connectivity index (χ0v) is 13.0. The lowest BCUT2D eigenvalue weighted by Gasteiger charge is -2.55. The number of allylic oxidation sites excluding steroid dienone is 4. The van der Waals surface area contributed by atoms with Crippen LogP contribution < -0.4 is 0 Å². The predicted octanol–water partition coefficient (Wildman–Crippen LogP) is 4.14. The number of aliphatic hydroxyl groups is 2. The zero-order valence-electron chi connectivity index (χ0n) is 13.0. The first-order chi connectivity index (χ1) is 9.95. The van der Waals surface area contributed by atoms with Crippen LogP contribution in [-0.4, -0.2) is 16.3 Å². The molecule has 21 heavy (non-hydrogen) atoms. The second-order valence-corrected chi connectivity index (χ2v) is 8.04. The van der Waals surface area contributed by atoms with Crippen molar-refractivity contribution in [3.8, 4) is 0 Å². The van der Waals surface area contributed by atoms with Gasteiger partial charge in [0, 0.05) is 10.8 Å². The predicted molar refractivity (Wildman–Crippen MR) is 83.7 cm³/mol. The van der Waals surface area contributed by atoms with Crippen molar-refractivity contribution in [1.29, 1.82) is 0 Å². The molecular formula is C19H26O2. The van der Waals surface area contributed by atoms with Gasteiger partial charge in [0.25, 0.3) is 0 Å². The van der Waals surface area contributed by atoms with E-state index in [0.29, 0.717) is 23.5 Å². The Morgan fingerprint density at radius 2 is 1.95 bits per heavy atom. The monoisotopic (exact) mass is 286 g/mol. The van der Waals surface area contributed by atoms with E-state index in [9.17, 15) is 10.2 Å². The molecule has 0 saturated heterocycles. The maximum atomic E-state index is 10.3. The Bertz CT molecular complexity index is 558. The van der Waals surface area contributed by atoms with Crippen LogP contribution in [0.3, 0.4) is 0 Å². The van der Waals surface area contributed by atoms with Crippen LogP contribution in [0.5, 0.6) is 0 Å². The highest BCUT2D eigenvalue weighted by molar-refractivity contribution is 5.33. The maximum Gasteiger partial charge on any atom is 0.0944 e. The molecule has 4 rings (SSSR count). The lowest BCUT2D eigenvalue weighted by Crippen LogP contribution is -2.48. The molecule has 2 nitrogen and oxygen atoms in total. The van der Waals surface area contributed by atoms with E-state index in [1.54, 1.807) is 0 Å². The highest BCUT2D eigenvalue weighted by atomic mass is 16.3. The summed E-state index contributed by atoms with van der Waals surface area (Å²) >= 11 is 0. The fourth-order valence-electron chi connectivity index (χ4n) is 5.78. The molecule has 0 bridgehead atoms. The fourth-order valence-corrected chi connectivity index (χ4v) is 5.78. The van der Waals surface area contributed by atoms with E-state index < -0.39 is 0 Å². The van der Waals surface area contributed by atoms with Crippen LogP contribution in [0.4, 0.5) is 0 Å². The summed E-state index contributed by atoms with van der Waals surface area (Å²) in [6.45, 7) is 4.62. The summed E-state index contributed by atoms with van der Waals surface area (Å²) in [5.41, 5.74) is 1.58. The van der Waals surface area contributed by atoms with E-state index in [-0.39, 0.29) is 16.9 Å². The number of rotatable bonds is 0. The number of aliphatic hydroxyl groups excluding tert-OH is 2. The van der Waals surface area contributed by atoms with E-state index in [1.807, 2.05) is 6.08 Å². The molecule has 0 aliphatic heterocycles. The van der Waals surface area contributed by atoms with Crippen molar-refractivity contribution in [3.05, 3.63) is 35.6 Å². The molecule has 114 valence electrons. The summed E-state index contributed by atoms with van der Waals surface area (Å²) in [7, 11) is 0. The second kappa shape index (κ2) is 4.25. The molecule has 0 spiro atoms. The second-order valence-electron chi connectivity index (χ2n) is 8.04. The Kier molecular flexibility index (Phi) is 2.76. The van der Waals surface area contributed by atoms with Crippen molar-refractivity contribution in [1.82, 2.24) is 0 Å². The quantitative estimate of drug-likeness (QED) is 0.657. The van der Waals surface area contributed by atoms with Crippen molar-refractivity contribution < 1.29 is 10.2 Å². The standard InChI is InChI=1S/C19H26O2/c1-18-9-7-13(20)11-12(18)3-4-14-15-5-6-17(21)19(15,2)10-8-16(14)18/h3,6-7,9,13-16,20-21H,4-5,8,10-11H2,1-2H3/t13?,14-,15-,16-,18-,19-/m0/s1. The normalized spacial score (nSPS) is 51.6. The Labute approximate surface area is 127 Å². The molecule has 6 atom stereocenters. The zero-order chi connectivity index (χ0) is 14.8. The molecule has 4 aliphatic carbocycles. The smallest absolute Gasteiger partial charge is 0.0944 e. The number of hydrogen-bond acceptors (Lipinski definition) is 2. The maximum absolute atomic E-state index is 10.3. The molecule has 0 aromatic carbocycles. The molecule has 0 aromatic rings. The minimum Gasteiger partial charge on any atom is -0.512 e. The third-order valence-corrected chi connectivity index (χ3v) is 7.17. The van der Waals surface area contributed by atoms with Gasteiger partial charge in [-0.1, -0.05) is 37.6 Å². The Morgan fingerprint density at radius 1 is 1.14 bits per heavy atom. The molecule has 1 unspecified atom stereocenters. The van der Waals surface area contributed by atoms with Gasteiger partial charge in [-0.15, -0.1) is 0 Å². The van der Waals surface area contributed by atoms with Crippen molar-refractivity contribution in [3.63, 3.8) is 0 Å². The Morgan fingerprint density at radius 3 is 2.76 bits per heavy atom. The van der Waals surface area contributed by atoms with Gasteiger partial charge in [-0.05, 0) is 55.9 Å². The van der Waals surface area contributed by atoms with Gasteiger partial charge in [0.2, 0.25) is 0 Å². The van der Waals surface area contributed by atoms with Crippen LogP contribution in [0.2, 0.25) is 0 Å². The molecule has 4 aliphatic rings. The SMILES string of the molecule is C[C@]12C=CC(O)CC1=CC[C@@H]1[C@@H]2CC[C@]2(C)C(O)=CC[C@@H]12. The van der Waals surface area contributed by atoms with Gasteiger partial charge in [0.1, 0.15) is 0 Å². The van der Waals surface area contributed by atoms with Crippen LogP contribution in [0.25, 0.3) is 0 Å². The van der Waals surface area contributed by atoms with E-state index in [4.69, 9.17) is 0 Å². The van der Waals surface area contributed by atoms with E-state index in [1.165, 1.54) is 12.0 Å². The van der Waals surface area contributed by atoms with Crippen LogP contribution in [0.15, 0.2) is 35.6 Å². The van der Waals surface area contributed by atoms with Crippen molar-refractivity contribution in [2.24, 2.45) is 28.6 Å². The summed E-state index contributed by atoms with van der Waals surface area (Å²) in [5.74, 6) is 2.56. The lowest BCUT2D eigenvalue weighted by atomic mass is 9.49. The third-order valence-electron chi connectivity index (χ3n) is 7.17. The fraction of sp³-hybridized carbons (Fsp3) is 0.684. The lowest BCUT2D eigenvalue weighted by molar-refractivity contribution is -0.0106. The summed E-state index contributed by atoms with van der Waals surface area (Å²) in [4.78, 5) is 0. The highest BCUT2D eigenvalue weighted by Crippen LogP contribution is 2.63. The average molecular weight is 286 g/mol. The van der Waals surface area contributed by atoms with E-state index >= 15 is 0 Å². The highest BCUT2D eigenvalue weighted by Gasteiger charge is 2.56. The molecule has 0 amide bonds. The molecule has 0 radical (unpaired) electrons. The van der Waals surface area contributed by atoms with Gasteiger partial charge >= 0.3 is 0 Å². The molecule has 0 aromatic heterocycles. The molecule has 2 heteroatoms. The molecule has 2 N–H and O–H groups in total. The van der Waals surface area contributed by atoms with Crippen molar-refractivity contribution in [2.75, 3.05) is 0 Å². The molecule has 1 saturated carbocycles. The van der Waals surface area contributed by atoms with Crippen molar-refractivity contribution >= 4 is 0 Å². The van der Waals surface area contributed by atoms with Gasteiger partial charge in [0.15, 0.2) is 0 Å². The largest absolute Gasteiger partial charge is 0.512 e. The third kappa shape index (κ3) is 1.69. The minimum atomic E-state index is -0.299. The van der Waals surface area contributed by atoms with Crippen LogP contribution in [-0.2, 0) is 0 Å². The Hall–Kier alpha value is -1.02. The molecular weight excluding hydrogens is 260 g/mol. The van der Waals surface area contributed by atoms with Gasteiger partial charge < -0.3 is 10.2 Å². The van der Waals surface area contributed by atoms with E-state index in [0.717, 1.165) is 25.7 Å². The first-order valence-electron chi connectivity index (χ1n) is 8.42. The minimum absolute atomic E-state index is 0.0146. The van der Waals surface area contributed by atoms with Gasteiger partial charge in [-0.2, -0.15) is 0 Å². The first-order valence-corrected chi connectivity index (χ1v) is 8.42. The van der Waals surface area contributed by atoms with Gasteiger partial charge in [-0.3, -0.25) is 0 Å².